The molecule has 0 aromatic carbocycles. The minimum absolute atomic E-state index is 0.599. The third-order valence-electron chi connectivity index (χ3n) is 1.99. The summed E-state index contributed by atoms with van der Waals surface area (Å²) < 4.78 is 0. The predicted molar refractivity (Wildman–Crippen MR) is 51.8 cm³/mol. The van der Waals surface area contributed by atoms with Gasteiger partial charge >= 0.3 is 0 Å². The van der Waals surface area contributed by atoms with Crippen molar-refractivity contribution < 1.29 is 0 Å². The fourth-order valence-electron chi connectivity index (χ4n) is 1.50. The third-order valence-corrected chi connectivity index (χ3v) is 5.25. The Kier molecular flexibility index (Phi) is 3.80. The molecule has 0 amide bonds. The maximum atomic E-state index is 3.64. The molecule has 0 aliphatic heterocycles. The molecule has 0 N–H and O–H groups in total. The van der Waals surface area contributed by atoms with Gasteiger partial charge in [-0.1, -0.05) is 25.7 Å². The van der Waals surface area contributed by atoms with Crippen LogP contribution in [-0.2, 0) is 0 Å². The van der Waals surface area contributed by atoms with Crippen LogP contribution in [0.25, 0.3) is 0 Å². The molecule has 54 valence electrons. The molecule has 0 spiro atoms. The first-order valence-corrected chi connectivity index (χ1v) is 10.8. The number of rotatable bonds is 2. The molecule has 9 heavy (non-hydrogen) atoms. The van der Waals surface area contributed by atoms with E-state index in [0.29, 0.717) is 0 Å². The van der Waals surface area contributed by atoms with Gasteiger partial charge in [0.15, 0.2) is 6.04 Å². The lowest BCUT2D eigenvalue weighted by Crippen LogP contribution is -1.99. The maximum absolute atomic E-state index is 3.64. The molecule has 0 atom stereocenters. The van der Waals surface area contributed by atoms with Crippen LogP contribution in [0.15, 0.2) is 0 Å². The van der Waals surface area contributed by atoms with Crippen molar-refractivity contribution in [3.8, 4) is 0 Å². The lowest BCUT2D eigenvalue weighted by atomic mass is 10.1. The monoisotopic (exact) mass is 270 g/mol. The molecule has 0 aromatic rings. The molecular formula is C6H12Br2Si. The molecule has 1 aliphatic rings. The van der Waals surface area contributed by atoms with Gasteiger partial charge in [-0.05, 0) is 12.0 Å². The summed E-state index contributed by atoms with van der Waals surface area (Å²) in [5.74, 6) is 1.06. The molecule has 0 saturated heterocycles. The Hall–Kier alpha value is 1.18. The SMILES string of the molecule is Br[SiH](Br)CC1CCCC1. The smallest absolute Gasteiger partial charge is 0.116 e. The largest absolute Gasteiger partial charge is 0.186 e. The van der Waals surface area contributed by atoms with E-state index in [2.05, 4.69) is 30.6 Å². The van der Waals surface area contributed by atoms with Crippen LogP contribution in [0.5, 0.6) is 0 Å². The molecule has 1 aliphatic carbocycles. The summed E-state index contributed by atoms with van der Waals surface area (Å²) in [6.45, 7) is 0. The molecular weight excluding hydrogens is 260 g/mol. The normalized spacial score (nSPS) is 21.7. The maximum Gasteiger partial charge on any atom is 0.186 e. The summed E-state index contributed by atoms with van der Waals surface area (Å²) >= 11 is 7.28. The van der Waals surface area contributed by atoms with Gasteiger partial charge in [0.2, 0.25) is 0 Å². The Morgan fingerprint density at radius 1 is 1.22 bits per heavy atom. The van der Waals surface area contributed by atoms with Gasteiger partial charge < -0.3 is 0 Å². The van der Waals surface area contributed by atoms with Crippen LogP contribution < -0.4 is 0 Å². The van der Waals surface area contributed by atoms with E-state index in [1.165, 1.54) is 31.7 Å². The average Bonchev–Trinajstić information content (AvgIpc) is 2.15. The summed E-state index contributed by atoms with van der Waals surface area (Å²) in [6, 6.07) is 0.846. The van der Waals surface area contributed by atoms with Crippen molar-refractivity contribution in [1.29, 1.82) is 0 Å². The van der Waals surface area contributed by atoms with Crippen molar-refractivity contribution >= 4 is 36.6 Å². The first kappa shape index (κ1) is 8.28. The van der Waals surface area contributed by atoms with Crippen molar-refractivity contribution in [1.82, 2.24) is 0 Å². The number of hydrogen-bond acceptors (Lipinski definition) is 0. The Balaban J connectivity index is 2.11. The Bertz CT molecular complexity index is 79.1. The highest BCUT2D eigenvalue weighted by atomic mass is 79.9. The Morgan fingerprint density at radius 2 is 1.78 bits per heavy atom. The van der Waals surface area contributed by atoms with Gasteiger partial charge in [-0.2, -0.15) is 0 Å². The van der Waals surface area contributed by atoms with E-state index in [9.17, 15) is 0 Å². The predicted octanol–water partition coefficient (Wildman–Crippen LogP) is 3.19. The quantitative estimate of drug-likeness (QED) is 0.535. The highest BCUT2D eigenvalue weighted by Crippen LogP contribution is 2.31. The van der Waals surface area contributed by atoms with Crippen LogP contribution in [0.2, 0.25) is 6.04 Å². The molecule has 1 fully saturated rings. The zero-order chi connectivity index (χ0) is 6.69. The third kappa shape index (κ3) is 3.19. The van der Waals surface area contributed by atoms with Crippen molar-refractivity contribution in [2.24, 2.45) is 5.92 Å². The fraction of sp³-hybridized carbons (Fsp3) is 1.00. The van der Waals surface area contributed by atoms with Crippen LogP contribution in [0.1, 0.15) is 25.7 Å². The van der Waals surface area contributed by atoms with Crippen LogP contribution in [0.3, 0.4) is 0 Å². The Morgan fingerprint density at radius 3 is 2.22 bits per heavy atom. The van der Waals surface area contributed by atoms with Gasteiger partial charge in [-0.25, -0.2) is 0 Å². The minimum atomic E-state index is -0.599. The van der Waals surface area contributed by atoms with Gasteiger partial charge in [-0.15, -0.1) is 30.6 Å². The molecule has 0 aromatic heterocycles. The molecule has 0 nitrogen and oxygen atoms in total. The van der Waals surface area contributed by atoms with E-state index in [0.717, 1.165) is 5.92 Å². The molecule has 0 bridgehead atoms. The first-order chi connectivity index (χ1) is 4.29. The second kappa shape index (κ2) is 4.14. The van der Waals surface area contributed by atoms with E-state index in [1.54, 1.807) is 0 Å². The van der Waals surface area contributed by atoms with E-state index >= 15 is 0 Å². The molecule has 0 unspecified atom stereocenters. The van der Waals surface area contributed by atoms with Crippen molar-refractivity contribution in [3.05, 3.63) is 0 Å². The van der Waals surface area contributed by atoms with Crippen LogP contribution in [0, 0.1) is 5.92 Å². The van der Waals surface area contributed by atoms with E-state index < -0.39 is 6.04 Å². The number of halogens is 2. The fourth-order valence-corrected chi connectivity index (χ4v) is 5.65. The van der Waals surface area contributed by atoms with Crippen LogP contribution >= 0.6 is 30.6 Å². The van der Waals surface area contributed by atoms with Gasteiger partial charge in [0, 0.05) is 0 Å². The molecule has 3 heteroatoms. The summed E-state index contributed by atoms with van der Waals surface area (Å²) in [6.07, 6.45) is 5.93. The highest BCUT2D eigenvalue weighted by Gasteiger charge is 2.17. The Labute approximate surface area is 74.2 Å². The second-order valence-corrected chi connectivity index (χ2v) is 14.3. The molecule has 0 radical (unpaired) electrons. The second-order valence-electron chi connectivity index (χ2n) is 2.78. The lowest BCUT2D eigenvalue weighted by molar-refractivity contribution is 0.610. The molecule has 1 rings (SSSR count). The summed E-state index contributed by atoms with van der Waals surface area (Å²) in [5.41, 5.74) is 0. The van der Waals surface area contributed by atoms with E-state index in [4.69, 9.17) is 0 Å². The standard InChI is InChI=1S/C6H12Br2Si/c7-9(8)5-6-3-1-2-4-6/h6,9H,1-5H2. The van der Waals surface area contributed by atoms with Crippen molar-refractivity contribution in [2.45, 2.75) is 31.7 Å². The molecule has 1 saturated carbocycles. The van der Waals surface area contributed by atoms with Crippen LogP contribution in [-0.4, -0.2) is 6.04 Å². The van der Waals surface area contributed by atoms with Crippen molar-refractivity contribution in [2.75, 3.05) is 0 Å². The number of hydrogen-bond donors (Lipinski definition) is 0. The van der Waals surface area contributed by atoms with Gasteiger partial charge in [0.25, 0.3) is 0 Å². The van der Waals surface area contributed by atoms with E-state index in [-0.39, 0.29) is 0 Å². The highest BCUT2D eigenvalue weighted by molar-refractivity contribution is 9.49. The van der Waals surface area contributed by atoms with Gasteiger partial charge in [0.1, 0.15) is 0 Å². The average molecular weight is 272 g/mol. The summed E-state index contributed by atoms with van der Waals surface area (Å²) in [7, 11) is 0. The zero-order valence-electron chi connectivity index (χ0n) is 5.45. The van der Waals surface area contributed by atoms with Crippen LogP contribution in [0.4, 0.5) is 0 Å². The molecule has 0 heterocycles. The van der Waals surface area contributed by atoms with Crippen molar-refractivity contribution in [3.63, 3.8) is 0 Å². The topological polar surface area (TPSA) is 0 Å². The minimum Gasteiger partial charge on any atom is -0.116 e. The summed E-state index contributed by atoms with van der Waals surface area (Å²) in [5, 5.41) is 0. The van der Waals surface area contributed by atoms with E-state index in [1.807, 2.05) is 0 Å². The van der Waals surface area contributed by atoms with Gasteiger partial charge in [0.05, 0.1) is 0 Å². The summed E-state index contributed by atoms with van der Waals surface area (Å²) in [4.78, 5) is 0. The lowest BCUT2D eigenvalue weighted by Gasteiger charge is -2.06. The van der Waals surface area contributed by atoms with Gasteiger partial charge in [-0.3, -0.25) is 0 Å². The first-order valence-electron chi connectivity index (χ1n) is 3.57. The zero-order valence-corrected chi connectivity index (χ0v) is 9.77.